The zero-order valence-corrected chi connectivity index (χ0v) is 8.67. The van der Waals surface area contributed by atoms with Crippen molar-refractivity contribution >= 4 is 17.5 Å². The lowest BCUT2D eigenvalue weighted by molar-refractivity contribution is 0.0929. The number of carbonyl (C=O) groups excluding carboxylic acids is 1. The molecule has 0 saturated heterocycles. The van der Waals surface area contributed by atoms with Gasteiger partial charge in [0.25, 0.3) is 5.91 Å². The van der Waals surface area contributed by atoms with Gasteiger partial charge in [-0.05, 0) is 19.1 Å². The Morgan fingerprint density at radius 3 is 2.93 bits per heavy atom. The molecule has 0 atom stereocenters. The van der Waals surface area contributed by atoms with Crippen molar-refractivity contribution in [3.05, 3.63) is 35.8 Å². The van der Waals surface area contributed by atoms with E-state index in [0.717, 1.165) is 5.76 Å². The zero-order valence-electron chi connectivity index (χ0n) is 7.92. The fourth-order valence-corrected chi connectivity index (χ4v) is 1.07. The summed E-state index contributed by atoms with van der Waals surface area (Å²) in [5, 5.41) is 2.67. The predicted octanol–water partition coefficient (Wildman–Crippen LogP) is 2.11. The van der Waals surface area contributed by atoms with Gasteiger partial charge in [0.1, 0.15) is 5.76 Å². The zero-order chi connectivity index (χ0) is 10.4. The summed E-state index contributed by atoms with van der Waals surface area (Å²) in [6.45, 7) is 2.26. The molecule has 0 aliphatic heterocycles. The smallest absolute Gasteiger partial charge is 0.287 e. The number of aryl methyl sites for hydroxylation is 1. The van der Waals surface area contributed by atoms with Gasteiger partial charge in [0.2, 0.25) is 0 Å². The van der Waals surface area contributed by atoms with Crippen LogP contribution in [0.3, 0.4) is 0 Å². The van der Waals surface area contributed by atoms with Crippen LogP contribution in [-0.4, -0.2) is 18.3 Å². The van der Waals surface area contributed by atoms with Crippen LogP contribution in [0.4, 0.5) is 0 Å². The number of allylic oxidation sites excluding steroid dienone is 1. The molecule has 1 heterocycles. The summed E-state index contributed by atoms with van der Waals surface area (Å²) in [5.74, 6) is 1.31. The van der Waals surface area contributed by atoms with E-state index in [1.807, 2.05) is 0 Å². The highest BCUT2D eigenvalue weighted by molar-refractivity contribution is 6.18. The third-order valence-electron chi connectivity index (χ3n) is 1.60. The number of hydrogen-bond acceptors (Lipinski definition) is 2. The topological polar surface area (TPSA) is 42.2 Å². The van der Waals surface area contributed by atoms with Crippen molar-refractivity contribution in [2.24, 2.45) is 0 Å². The second kappa shape index (κ2) is 5.50. The van der Waals surface area contributed by atoms with Crippen molar-refractivity contribution in [3.63, 3.8) is 0 Å². The maximum Gasteiger partial charge on any atom is 0.287 e. The van der Waals surface area contributed by atoms with Gasteiger partial charge in [0.05, 0.1) is 0 Å². The first kappa shape index (κ1) is 10.9. The first-order valence-electron chi connectivity index (χ1n) is 4.29. The van der Waals surface area contributed by atoms with Crippen molar-refractivity contribution in [2.45, 2.75) is 6.92 Å². The maximum atomic E-state index is 11.3. The fourth-order valence-electron chi connectivity index (χ4n) is 0.942. The molecule has 0 unspecified atom stereocenters. The average Bonchev–Trinajstić information content (AvgIpc) is 2.59. The van der Waals surface area contributed by atoms with Gasteiger partial charge in [-0.1, -0.05) is 12.2 Å². The molecule has 1 N–H and O–H groups in total. The lowest BCUT2D eigenvalue weighted by Crippen LogP contribution is -2.22. The number of rotatable bonds is 4. The van der Waals surface area contributed by atoms with Crippen LogP contribution in [0.25, 0.3) is 0 Å². The Morgan fingerprint density at radius 1 is 1.57 bits per heavy atom. The van der Waals surface area contributed by atoms with Gasteiger partial charge in [-0.25, -0.2) is 0 Å². The van der Waals surface area contributed by atoms with Crippen LogP contribution in [-0.2, 0) is 0 Å². The molecule has 0 aliphatic rings. The lowest BCUT2D eigenvalue weighted by Gasteiger charge is -1.97. The van der Waals surface area contributed by atoms with Crippen molar-refractivity contribution in [1.29, 1.82) is 0 Å². The number of halogens is 1. The van der Waals surface area contributed by atoms with Gasteiger partial charge in [0, 0.05) is 12.4 Å². The molecule has 0 aliphatic carbocycles. The Hall–Kier alpha value is -1.22. The van der Waals surface area contributed by atoms with E-state index in [1.54, 1.807) is 31.2 Å². The molecular formula is C10H12ClNO2. The Morgan fingerprint density at radius 2 is 2.36 bits per heavy atom. The molecular weight excluding hydrogens is 202 g/mol. The third-order valence-corrected chi connectivity index (χ3v) is 1.78. The van der Waals surface area contributed by atoms with Gasteiger partial charge in [0.15, 0.2) is 5.76 Å². The minimum Gasteiger partial charge on any atom is -0.456 e. The van der Waals surface area contributed by atoms with Crippen LogP contribution in [0.5, 0.6) is 0 Å². The summed E-state index contributed by atoms with van der Waals surface area (Å²) in [7, 11) is 0. The van der Waals surface area contributed by atoms with Gasteiger partial charge in [-0.15, -0.1) is 11.6 Å². The summed E-state index contributed by atoms with van der Waals surface area (Å²) in [6.07, 6.45) is 3.57. The van der Waals surface area contributed by atoms with Crippen molar-refractivity contribution in [1.82, 2.24) is 5.32 Å². The monoisotopic (exact) mass is 213 g/mol. The summed E-state index contributed by atoms with van der Waals surface area (Å²) in [4.78, 5) is 11.3. The molecule has 1 rings (SSSR count). The number of hydrogen-bond donors (Lipinski definition) is 1. The molecule has 1 aromatic heterocycles. The largest absolute Gasteiger partial charge is 0.456 e. The van der Waals surface area contributed by atoms with E-state index in [2.05, 4.69) is 5.32 Å². The molecule has 0 spiro atoms. The van der Waals surface area contributed by atoms with E-state index in [9.17, 15) is 4.79 Å². The molecule has 76 valence electrons. The Balaban J connectivity index is 2.39. The summed E-state index contributed by atoms with van der Waals surface area (Å²) >= 11 is 5.42. The maximum absolute atomic E-state index is 11.3. The van der Waals surface area contributed by atoms with E-state index < -0.39 is 0 Å². The summed E-state index contributed by atoms with van der Waals surface area (Å²) in [5.41, 5.74) is 0. The van der Waals surface area contributed by atoms with E-state index >= 15 is 0 Å². The number of amides is 1. The molecule has 14 heavy (non-hydrogen) atoms. The first-order valence-corrected chi connectivity index (χ1v) is 4.83. The Kier molecular flexibility index (Phi) is 4.26. The van der Waals surface area contributed by atoms with Gasteiger partial charge in [-0.3, -0.25) is 4.79 Å². The quantitative estimate of drug-likeness (QED) is 0.615. The Bertz CT molecular complexity index is 331. The predicted molar refractivity (Wildman–Crippen MR) is 55.6 cm³/mol. The standard InChI is InChI=1S/C10H12ClNO2/c1-8-4-5-9(14-8)10(13)12-7-3-2-6-11/h2-5H,6-7H2,1H3,(H,12,13)/b3-2+. The second-order valence-electron chi connectivity index (χ2n) is 2.75. The lowest BCUT2D eigenvalue weighted by atomic mass is 10.4. The van der Waals surface area contributed by atoms with Gasteiger partial charge < -0.3 is 9.73 Å². The first-order chi connectivity index (χ1) is 6.74. The van der Waals surface area contributed by atoms with Crippen LogP contribution >= 0.6 is 11.6 Å². The van der Waals surface area contributed by atoms with Crippen LogP contribution in [0.1, 0.15) is 16.3 Å². The molecule has 1 amide bonds. The van der Waals surface area contributed by atoms with E-state index in [4.69, 9.17) is 16.0 Å². The van der Waals surface area contributed by atoms with E-state index in [0.29, 0.717) is 18.2 Å². The van der Waals surface area contributed by atoms with E-state index in [-0.39, 0.29) is 5.91 Å². The molecule has 0 bridgehead atoms. The van der Waals surface area contributed by atoms with Crippen LogP contribution < -0.4 is 5.32 Å². The SMILES string of the molecule is Cc1ccc(C(=O)NC/C=C/CCl)o1. The van der Waals surface area contributed by atoms with Crippen LogP contribution in [0.15, 0.2) is 28.7 Å². The average molecular weight is 214 g/mol. The highest BCUT2D eigenvalue weighted by Crippen LogP contribution is 2.05. The number of nitrogens with one attached hydrogen (secondary N) is 1. The molecule has 0 aromatic carbocycles. The highest BCUT2D eigenvalue weighted by atomic mass is 35.5. The minimum absolute atomic E-state index is 0.211. The summed E-state index contributed by atoms with van der Waals surface area (Å²) < 4.78 is 5.14. The van der Waals surface area contributed by atoms with Crippen molar-refractivity contribution < 1.29 is 9.21 Å². The minimum atomic E-state index is -0.211. The highest BCUT2D eigenvalue weighted by Gasteiger charge is 2.07. The van der Waals surface area contributed by atoms with Crippen LogP contribution in [0, 0.1) is 6.92 Å². The number of furan rings is 1. The van der Waals surface area contributed by atoms with Crippen molar-refractivity contribution in [2.75, 3.05) is 12.4 Å². The molecule has 0 radical (unpaired) electrons. The second-order valence-corrected chi connectivity index (χ2v) is 3.05. The molecule has 0 saturated carbocycles. The number of carbonyl (C=O) groups is 1. The molecule has 1 aromatic rings. The fraction of sp³-hybridized carbons (Fsp3) is 0.300. The molecule has 4 heteroatoms. The molecule has 0 fully saturated rings. The van der Waals surface area contributed by atoms with Crippen molar-refractivity contribution in [3.8, 4) is 0 Å². The van der Waals surface area contributed by atoms with E-state index in [1.165, 1.54) is 0 Å². The van der Waals surface area contributed by atoms with Gasteiger partial charge in [-0.2, -0.15) is 0 Å². The Labute approximate surface area is 87.7 Å². The summed E-state index contributed by atoms with van der Waals surface area (Å²) in [6, 6.07) is 3.40. The molecule has 3 nitrogen and oxygen atoms in total. The third kappa shape index (κ3) is 3.26. The van der Waals surface area contributed by atoms with Gasteiger partial charge >= 0.3 is 0 Å². The number of alkyl halides is 1. The van der Waals surface area contributed by atoms with Crippen LogP contribution in [0.2, 0.25) is 0 Å². The normalized spacial score (nSPS) is 10.7.